The van der Waals surface area contributed by atoms with Crippen LogP contribution in [-0.2, 0) is 19.1 Å². The molecule has 1 aliphatic heterocycles. The van der Waals surface area contributed by atoms with Crippen LogP contribution in [0.5, 0.6) is 0 Å². The number of piperidine rings is 1. The zero-order valence-corrected chi connectivity index (χ0v) is 10.8. The molecule has 1 fully saturated rings. The Balaban J connectivity index is 2.28. The van der Waals surface area contributed by atoms with Crippen molar-refractivity contribution < 1.29 is 24.2 Å². The fourth-order valence-electron chi connectivity index (χ4n) is 1.94. The zero-order chi connectivity index (χ0) is 13.4. The lowest BCUT2D eigenvalue weighted by Gasteiger charge is -2.26. The smallest absolute Gasteiger partial charge is 0.347 e. The molecule has 0 saturated carbocycles. The molecule has 0 aromatic heterocycles. The molecule has 6 heteroatoms. The zero-order valence-electron chi connectivity index (χ0n) is 10.8. The first-order chi connectivity index (χ1) is 8.65. The fraction of sp³-hybridized carbons (Fsp3) is 0.833. The lowest BCUT2D eigenvalue weighted by molar-refractivity contribution is -0.169. The highest BCUT2D eigenvalue weighted by atomic mass is 16.6. The van der Waals surface area contributed by atoms with Gasteiger partial charge in [-0.15, -0.1) is 0 Å². The number of aliphatic carboxylic acids is 1. The number of carboxylic acid groups (broad SMARTS) is 1. The van der Waals surface area contributed by atoms with Crippen LogP contribution >= 0.6 is 0 Å². The molecule has 0 aromatic carbocycles. The molecule has 0 aliphatic carbocycles. The Morgan fingerprint density at radius 2 is 1.94 bits per heavy atom. The van der Waals surface area contributed by atoms with E-state index in [1.165, 1.54) is 19.3 Å². The number of likely N-dealkylation sites (tertiary alicyclic amines) is 1. The number of carbonyl (C=O) groups is 2. The van der Waals surface area contributed by atoms with Gasteiger partial charge in [-0.1, -0.05) is 6.42 Å². The fourth-order valence-corrected chi connectivity index (χ4v) is 1.94. The Bertz CT molecular complexity index is 276. The summed E-state index contributed by atoms with van der Waals surface area (Å²) < 4.78 is 9.75. The van der Waals surface area contributed by atoms with Gasteiger partial charge in [0.25, 0.3) is 6.10 Å². The molecule has 0 spiro atoms. The number of ether oxygens (including phenoxy) is 2. The normalized spacial score (nSPS) is 18.3. The molecule has 1 heterocycles. The molecule has 1 unspecified atom stereocenters. The molecule has 0 radical (unpaired) electrons. The molecule has 0 aromatic rings. The molecule has 1 rings (SSSR count). The van der Waals surface area contributed by atoms with Crippen LogP contribution in [0.15, 0.2) is 0 Å². The second-order valence-corrected chi connectivity index (χ2v) is 4.24. The Morgan fingerprint density at radius 1 is 1.28 bits per heavy atom. The molecule has 1 aliphatic rings. The minimum absolute atomic E-state index is 0.151. The average Bonchev–Trinajstić information content (AvgIpc) is 2.35. The van der Waals surface area contributed by atoms with E-state index >= 15 is 0 Å². The number of hydrogen-bond acceptors (Lipinski definition) is 5. The van der Waals surface area contributed by atoms with Crippen LogP contribution in [0.25, 0.3) is 0 Å². The van der Waals surface area contributed by atoms with E-state index in [0.717, 1.165) is 13.1 Å². The van der Waals surface area contributed by atoms with Crippen molar-refractivity contribution in [1.82, 2.24) is 4.90 Å². The summed E-state index contributed by atoms with van der Waals surface area (Å²) in [5.41, 5.74) is 0. The molecule has 0 amide bonds. The van der Waals surface area contributed by atoms with Crippen molar-refractivity contribution in [3.05, 3.63) is 0 Å². The number of nitrogens with zero attached hydrogens (tertiary/aromatic N) is 1. The van der Waals surface area contributed by atoms with Gasteiger partial charge in [-0.25, -0.2) is 9.59 Å². The SMILES string of the molecule is CCOC(=O)C(OCCN1CCCCC1)C(=O)O. The molecular formula is C12H21NO5. The van der Waals surface area contributed by atoms with Crippen LogP contribution in [-0.4, -0.2) is 60.9 Å². The number of hydrogen-bond donors (Lipinski definition) is 1. The monoisotopic (exact) mass is 259 g/mol. The highest BCUT2D eigenvalue weighted by Gasteiger charge is 2.28. The molecule has 1 N–H and O–H groups in total. The summed E-state index contributed by atoms with van der Waals surface area (Å²) in [6, 6.07) is 0. The number of carboxylic acids is 1. The van der Waals surface area contributed by atoms with Gasteiger partial charge < -0.3 is 19.5 Å². The maximum absolute atomic E-state index is 11.3. The van der Waals surface area contributed by atoms with Gasteiger partial charge in [0.15, 0.2) is 0 Å². The molecule has 1 atom stereocenters. The van der Waals surface area contributed by atoms with E-state index in [2.05, 4.69) is 9.64 Å². The first-order valence-electron chi connectivity index (χ1n) is 6.38. The Hall–Kier alpha value is -1.14. The molecular weight excluding hydrogens is 238 g/mol. The quantitative estimate of drug-likeness (QED) is 0.530. The predicted octanol–water partition coefficient (Wildman–Crippen LogP) is 0.505. The van der Waals surface area contributed by atoms with Gasteiger partial charge in [-0.05, 0) is 32.9 Å². The van der Waals surface area contributed by atoms with Gasteiger partial charge in [0.2, 0.25) is 0 Å². The van der Waals surface area contributed by atoms with Crippen LogP contribution in [0.3, 0.4) is 0 Å². The molecule has 6 nitrogen and oxygen atoms in total. The summed E-state index contributed by atoms with van der Waals surface area (Å²) in [5, 5.41) is 8.87. The third kappa shape index (κ3) is 5.01. The number of rotatable bonds is 7. The van der Waals surface area contributed by atoms with Crippen LogP contribution in [0.2, 0.25) is 0 Å². The molecule has 104 valence electrons. The third-order valence-electron chi connectivity index (χ3n) is 2.87. The van der Waals surface area contributed by atoms with Gasteiger partial charge in [0, 0.05) is 6.54 Å². The second-order valence-electron chi connectivity index (χ2n) is 4.24. The Labute approximate surface area is 107 Å². The standard InChI is InChI=1S/C12H21NO5/c1-2-17-12(16)10(11(14)15)18-9-8-13-6-4-3-5-7-13/h10H,2-9H2,1H3,(H,14,15). The van der Waals surface area contributed by atoms with Crippen molar-refractivity contribution in [1.29, 1.82) is 0 Å². The topological polar surface area (TPSA) is 76.1 Å². The summed E-state index contributed by atoms with van der Waals surface area (Å²) in [4.78, 5) is 24.4. The lowest BCUT2D eigenvalue weighted by atomic mass is 10.1. The van der Waals surface area contributed by atoms with E-state index in [-0.39, 0.29) is 13.2 Å². The average molecular weight is 259 g/mol. The minimum atomic E-state index is -1.50. The van der Waals surface area contributed by atoms with Gasteiger partial charge in [0.1, 0.15) is 0 Å². The van der Waals surface area contributed by atoms with Gasteiger partial charge in [-0.2, -0.15) is 0 Å². The van der Waals surface area contributed by atoms with Crippen molar-refractivity contribution in [3.63, 3.8) is 0 Å². The Morgan fingerprint density at radius 3 is 2.50 bits per heavy atom. The van der Waals surface area contributed by atoms with Gasteiger partial charge in [-0.3, -0.25) is 0 Å². The van der Waals surface area contributed by atoms with E-state index in [1.54, 1.807) is 6.92 Å². The van der Waals surface area contributed by atoms with E-state index in [9.17, 15) is 9.59 Å². The van der Waals surface area contributed by atoms with Crippen molar-refractivity contribution >= 4 is 11.9 Å². The largest absolute Gasteiger partial charge is 0.479 e. The molecule has 0 bridgehead atoms. The van der Waals surface area contributed by atoms with Crippen LogP contribution < -0.4 is 0 Å². The predicted molar refractivity (Wildman–Crippen MR) is 64.3 cm³/mol. The number of carbonyl (C=O) groups excluding carboxylic acids is 1. The van der Waals surface area contributed by atoms with Gasteiger partial charge in [0.05, 0.1) is 13.2 Å². The van der Waals surface area contributed by atoms with Crippen molar-refractivity contribution in [2.75, 3.05) is 32.8 Å². The van der Waals surface area contributed by atoms with Crippen LogP contribution in [0.1, 0.15) is 26.2 Å². The first kappa shape index (κ1) is 14.9. The van der Waals surface area contributed by atoms with E-state index in [1.807, 2.05) is 0 Å². The third-order valence-corrected chi connectivity index (χ3v) is 2.87. The van der Waals surface area contributed by atoms with Crippen LogP contribution in [0, 0.1) is 0 Å². The summed E-state index contributed by atoms with van der Waals surface area (Å²) in [6.07, 6.45) is 2.08. The summed E-state index contributed by atoms with van der Waals surface area (Å²) >= 11 is 0. The Kier molecular flexibility index (Phi) is 6.67. The van der Waals surface area contributed by atoms with Crippen molar-refractivity contribution in [2.24, 2.45) is 0 Å². The maximum Gasteiger partial charge on any atom is 0.347 e. The molecule has 1 saturated heterocycles. The summed E-state index contributed by atoms with van der Waals surface area (Å²) in [6.45, 7) is 4.70. The van der Waals surface area contributed by atoms with Crippen molar-refractivity contribution in [3.8, 4) is 0 Å². The minimum Gasteiger partial charge on any atom is -0.479 e. The van der Waals surface area contributed by atoms with E-state index < -0.39 is 18.0 Å². The summed E-state index contributed by atoms with van der Waals surface area (Å²) in [7, 11) is 0. The first-order valence-corrected chi connectivity index (χ1v) is 6.38. The molecule has 18 heavy (non-hydrogen) atoms. The lowest BCUT2D eigenvalue weighted by Crippen LogP contribution is -2.38. The van der Waals surface area contributed by atoms with Crippen LogP contribution in [0.4, 0.5) is 0 Å². The van der Waals surface area contributed by atoms with E-state index in [0.29, 0.717) is 6.54 Å². The number of esters is 1. The maximum atomic E-state index is 11.3. The second kappa shape index (κ2) is 8.05. The van der Waals surface area contributed by atoms with E-state index in [4.69, 9.17) is 9.84 Å². The highest BCUT2D eigenvalue weighted by molar-refractivity contribution is 5.97. The highest BCUT2D eigenvalue weighted by Crippen LogP contribution is 2.08. The van der Waals surface area contributed by atoms with Crippen molar-refractivity contribution in [2.45, 2.75) is 32.3 Å². The van der Waals surface area contributed by atoms with Gasteiger partial charge >= 0.3 is 11.9 Å². The summed E-state index contributed by atoms with van der Waals surface area (Å²) in [5.74, 6) is -2.13.